The fraction of sp³-hybridized carbons (Fsp3) is 0.800. The van der Waals surface area contributed by atoms with Gasteiger partial charge in [0.2, 0.25) is 5.28 Å². The van der Waals surface area contributed by atoms with Crippen molar-refractivity contribution < 1.29 is 0 Å². The van der Waals surface area contributed by atoms with Crippen molar-refractivity contribution in [1.29, 1.82) is 0 Å². The zero-order valence-electron chi connectivity index (χ0n) is 8.63. The van der Waals surface area contributed by atoms with Gasteiger partial charge in [0.15, 0.2) is 0 Å². The monoisotopic (exact) mass is 232 g/mol. The first-order valence-electron chi connectivity index (χ1n) is 5.31. The molecule has 1 aromatic heterocycles. The van der Waals surface area contributed by atoms with E-state index in [9.17, 15) is 0 Å². The lowest BCUT2D eigenvalue weighted by Gasteiger charge is -1.97. The molecule has 0 saturated heterocycles. The molecule has 0 unspecified atom stereocenters. The number of rotatable bonds is 7. The third-order valence-electron chi connectivity index (χ3n) is 2.19. The molecular formula is C10H17ClN2S. The largest absolute Gasteiger partial charge is 0.234 e. The molecule has 2 nitrogen and oxygen atoms in total. The summed E-state index contributed by atoms with van der Waals surface area (Å²) in [7, 11) is 0. The van der Waals surface area contributed by atoms with Crippen LogP contribution in [0.15, 0.2) is 0 Å². The van der Waals surface area contributed by atoms with Gasteiger partial charge in [0.25, 0.3) is 0 Å². The number of hydrogen-bond donors (Lipinski definition) is 0. The molecule has 1 rings (SSSR count). The van der Waals surface area contributed by atoms with Gasteiger partial charge in [-0.2, -0.15) is 4.37 Å². The van der Waals surface area contributed by atoms with Crippen LogP contribution in [0.2, 0.25) is 5.28 Å². The van der Waals surface area contributed by atoms with E-state index in [0.29, 0.717) is 5.28 Å². The highest BCUT2D eigenvalue weighted by atomic mass is 35.5. The highest BCUT2D eigenvalue weighted by molar-refractivity contribution is 7.05. The quantitative estimate of drug-likeness (QED) is 0.662. The first-order chi connectivity index (χ1) is 6.83. The molecule has 0 bridgehead atoms. The number of aromatic nitrogens is 2. The first kappa shape index (κ1) is 11.9. The van der Waals surface area contributed by atoms with Crippen molar-refractivity contribution in [1.82, 2.24) is 9.36 Å². The van der Waals surface area contributed by atoms with Gasteiger partial charge in [-0.25, -0.2) is 4.98 Å². The van der Waals surface area contributed by atoms with Crippen molar-refractivity contribution in [2.24, 2.45) is 0 Å². The summed E-state index contributed by atoms with van der Waals surface area (Å²) in [5.41, 5.74) is 0. The molecule has 0 atom stereocenters. The summed E-state index contributed by atoms with van der Waals surface area (Å²) in [6.45, 7) is 2.24. The number of nitrogens with zero attached hydrogens (tertiary/aromatic N) is 2. The van der Waals surface area contributed by atoms with E-state index in [-0.39, 0.29) is 0 Å². The highest BCUT2D eigenvalue weighted by Crippen LogP contribution is 2.13. The zero-order chi connectivity index (χ0) is 10.2. The van der Waals surface area contributed by atoms with Crippen LogP contribution in [0.4, 0.5) is 0 Å². The van der Waals surface area contributed by atoms with E-state index in [1.807, 2.05) is 0 Å². The Labute approximate surface area is 94.9 Å². The van der Waals surface area contributed by atoms with Crippen LogP contribution in [0.1, 0.15) is 50.5 Å². The summed E-state index contributed by atoms with van der Waals surface area (Å²) in [4.78, 5) is 4.12. The molecule has 0 spiro atoms. The average Bonchev–Trinajstić information content (AvgIpc) is 2.58. The number of hydrogen-bond acceptors (Lipinski definition) is 3. The van der Waals surface area contributed by atoms with Crippen molar-refractivity contribution in [2.45, 2.75) is 51.9 Å². The smallest absolute Gasteiger partial charge is 0.210 e. The van der Waals surface area contributed by atoms with Gasteiger partial charge in [-0.1, -0.05) is 39.0 Å². The standard InChI is InChI=1S/C10H17ClN2S/c1-2-3-4-5-6-7-8-9-12-10(11)13-14-9/h2-8H2,1H3. The van der Waals surface area contributed by atoms with Crippen molar-refractivity contribution in [3.8, 4) is 0 Å². The summed E-state index contributed by atoms with van der Waals surface area (Å²) in [6, 6.07) is 0. The molecule has 1 aromatic rings. The van der Waals surface area contributed by atoms with Gasteiger partial charge in [-0.15, -0.1) is 0 Å². The fourth-order valence-corrected chi connectivity index (χ4v) is 2.23. The second kappa shape index (κ2) is 7.18. The lowest BCUT2D eigenvalue weighted by Crippen LogP contribution is -1.84. The van der Waals surface area contributed by atoms with Crippen LogP contribution in [0.25, 0.3) is 0 Å². The van der Waals surface area contributed by atoms with Crippen LogP contribution >= 0.6 is 23.1 Å². The van der Waals surface area contributed by atoms with Gasteiger partial charge in [-0.3, -0.25) is 0 Å². The fourth-order valence-electron chi connectivity index (χ4n) is 1.39. The predicted octanol–water partition coefficient (Wildman–Crippen LogP) is 4.09. The van der Waals surface area contributed by atoms with Gasteiger partial charge in [0.1, 0.15) is 5.01 Å². The zero-order valence-corrected chi connectivity index (χ0v) is 10.2. The number of unbranched alkanes of at least 4 members (excludes halogenated alkanes) is 5. The Hall–Kier alpha value is -0.150. The van der Waals surface area contributed by atoms with Gasteiger partial charge >= 0.3 is 0 Å². The average molecular weight is 233 g/mol. The summed E-state index contributed by atoms with van der Waals surface area (Å²) in [5.74, 6) is 0. The molecule has 0 N–H and O–H groups in total. The van der Waals surface area contributed by atoms with E-state index in [1.165, 1.54) is 50.1 Å². The van der Waals surface area contributed by atoms with Crippen LogP contribution in [0.3, 0.4) is 0 Å². The summed E-state index contributed by atoms with van der Waals surface area (Å²) in [5, 5.41) is 1.47. The summed E-state index contributed by atoms with van der Waals surface area (Å²) < 4.78 is 3.94. The van der Waals surface area contributed by atoms with Gasteiger partial charge in [0, 0.05) is 6.42 Å². The lowest BCUT2D eigenvalue weighted by molar-refractivity contribution is 0.607. The maximum Gasteiger partial charge on any atom is 0.234 e. The highest BCUT2D eigenvalue weighted by Gasteiger charge is 2.00. The normalized spacial score (nSPS) is 10.7. The maximum atomic E-state index is 5.63. The Balaban J connectivity index is 1.99. The number of aryl methyl sites for hydroxylation is 1. The molecule has 0 fully saturated rings. The summed E-state index contributed by atoms with van der Waals surface area (Å²) >= 11 is 7.05. The van der Waals surface area contributed by atoms with Crippen molar-refractivity contribution >= 4 is 23.1 Å². The van der Waals surface area contributed by atoms with Crippen molar-refractivity contribution in [3.63, 3.8) is 0 Å². The van der Waals surface area contributed by atoms with Crippen LogP contribution in [-0.2, 0) is 6.42 Å². The van der Waals surface area contributed by atoms with Gasteiger partial charge in [0.05, 0.1) is 0 Å². The van der Waals surface area contributed by atoms with Crippen LogP contribution < -0.4 is 0 Å². The molecule has 14 heavy (non-hydrogen) atoms. The van der Waals surface area contributed by atoms with Gasteiger partial charge in [-0.05, 0) is 29.6 Å². The Morgan fingerprint density at radius 3 is 2.50 bits per heavy atom. The van der Waals surface area contributed by atoms with E-state index in [0.717, 1.165) is 11.4 Å². The Bertz CT molecular complexity index is 250. The predicted molar refractivity (Wildman–Crippen MR) is 62.0 cm³/mol. The molecule has 0 aliphatic carbocycles. The molecular weight excluding hydrogens is 216 g/mol. The Morgan fingerprint density at radius 2 is 1.86 bits per heavy atom. The van der Waals surface area contributed by atoms with E-state index >= 15 is 0 Å². The molecule has 0 aliphatic rings. The molecule has 0 radical (unpaired) electrons. The maximum absolute atomic E-state index is 5.63. The van der Waals surface area contributed by atoms with E-state index in [2.05, 4.69) is 16.3 Å². The van der Waals surface area contributed by atoms with E-state index in [1.54, 1.807) is 0 Å². The second-order valence-electron chi connectivity index (χ2n) is 3.47. The minimum Gasteiger partial charge on any atom is -0.210 e. The molecule has 0 amide bonds. The van der Waals surface area contributed by atoms with Crippen LogP contribution in [0.5, 0.6) is 0 Å². The lowest BCUT2D eigenvalue weighted by atomic mass is 10.1. The first-order valence-corrected chi connectivity index (χ1v) is 6.46. The molecule has 4 heteroatoms. The van der Waals surface area contributed by atoms with Crippen LogP contribution in [0, 0.1) is 0 Å². The van der Waals surface area contributed by atoms with Gasteiger partial charge < -0.3 is 0 Å². The topological polar surface area (TPSA) is 25.8 Å². The second-order valence-corrected chi connectivity index (χ2v) is 4.65. The molecule has 0 aromatic carbocycles. The summed E-state index contributed by atoms with van der Waals surface area (Å²) in [6.07, 6.45) is 8.95. The van der Waals surface area contributed by atoms with E-state index < -0.39 is 0 Å². The van der Waals surface area contributed by atoms with E-state index in [4.69, 9.17) is 11.6 Å². The minimum absolute atomic E-state index is 0.399. The third-order valence-corrected chi connectivity index (χ3v) is 3.23. The molecule has 1 heterocycles. The Morgan fingerprint density at radius 1 is 1.14 bits per heavy atom. The van der Waals surface area contributed by atoms with Crippen LogP contribution in [-0.4, -0.2) is 9.36 Å². The third kappa shape index (κ3) is 4.91. The SMILES string of the molecule is CCCCCCCCc1nc(Cl)ns1. The van der Waals surface area contributed by atoms with Crippen molar-refractivity contribution in [2.75, 3.05) is 0 Å². The molecule has 0 saturated carbocycles. The minimum atomic E-state index is 0.399. The number of halogens is 1. The van der Waals surface area contributed by atoms with Crippen molar-refractivity contribution in [3.05, 3.63) is 10.3 Å². The molecule has 0 aliphatic heterocycles. The Kier molecular flexibility index (Phi) is 6.12. The molecule has 80 valence electrons.